The van der Waals surface area contributed by atoms with Crippen LogP contribution in [0.5, 0.6) is 0 Å². The van der Waals surface area contributed by atoms with Gasteiger partial charge in [-0.2, -0.15) is 0 Å². The Hall–Kier alpha value is -2.67. The lowest BCUT2D eigenvalue weighted by molar-refractivity contribution is -0.144. The highest BCUT2D eigenvalue weighted by Gasteiger charge is 2.67. The Morgan fingerprint density at radius 1 is 1.25 bits per heavy atom. The second-order valence-corrected chi connectivity index (χ2v) is 7.99. The van der Waals surface area contributed by atoms with Gasteiger partial charge in [-0.15, -0.1) is 0 Å². The third kappa shape index (κ3) is 3.09. The molecule has 0 radical (unpaired) electrons. The molecule has 0 unspecified atom stereocenters. The van der Waals surface area contributed by atoms with Gasteiger partial charge in [0, 0.05) is 0 Å². The Labute approximate surface area is 163 Å². The van der Waals surface area contributed by atoms with Gasteiger partial charge < -0.3 is 14.8 Å². The number of nitrogens with one attached hydrogen (secondary N) is 1. The molecule has 4 rings (SSSR count). The van der Waals surface area contributed by atoms with Gasteiger partial charge in [-0.3, -0.25) is 14.5 Å². The van der Waals surface area contributed by atoms with Gasteiger partial charge in [0.2, 0.25) is 11.8 Å². The van der Waals surface area contributed by atoms with Crippen molar-refractivity contribution >= 4 is 17.9 Å². The summed E-state index contributed by atoms with van der Waals surface area (Å²) >= 11 is 0. The summed E-state index contributed by atoms with van der Waals surface area (Å²) in [6.45, 7) is 4.55. The molecule has 2 saturated heterocycles. The number of fused-ring (bicyclic) bond motifs is 5. The van der Waals surface area contributed by atoms with Crippen molar-refractivity contribution in [3.8, 4) is 0 Å². The molecule has 2 bridgehead atoms. The zero-order valence-corrected chi connectivity index (χ0v) is 16.0. The topological polar surface area (TPSA) is 84.9 Å². The van der Waals surface area contributed by atoms with Gasteiger partial charge in [0.25, 0.3) is 0 Å². The lowest BCUT2D eigenvalue weighted by Crippen LogP contribution is -2.48. The van der Waals surface area contributed by atoms with E-state index >= 15 is 0 Å². The minimum absolute atomic E-state index is 0.0935. The number of carbonyl (C=O) groups excluding carboxylic acids is 3. The predicted molar refractivity (Wildman–Crippen MR) is 99.9 cm³/mol. The lowest BCUT2D eigenvalue weighted by atomic mass is 9.77. The van der Waals surface area contributed by atoms with Gasteiger partial charge in [-0.1, -0.05) is 56.3 Å². The van der Waals surface area contributed by atoms with Crippen LogP contribution < -0.4 is 5.32 Å². The number of benzene rings is 1. The number of hydrogen-bond acceptors (Lipinski definition) is 5. The van der Waals surface area contributed by atoms with E-state index < -0.39 is 29.6 Å². The molecule has 4 atom stereocenters. The minimum atomic E-state index is -0.996. The predicted octanol–water partition coefficient (Wildman–Crippen LogP) is 1.88. The molecule has 2 fully saturated rings. The molecule has 0 aromatic heterocycles. The fraction of sp³-hybridized carbons (Fsp3) is 0.476. The number of rotatable bonds is 6. The van der Waals surface area contributed by atoms with Crippen LogP contribution in [-0.2, 0) is 25.6 Å². The Morgan fingerprint density at radius 3 is 2.71 bits per heavy atom. The zero-order chi connectivity index (χ0) is 19.9. The molecule has 148 valence electrons. The highest BCUT2D eigenvalue weighted by atomic mass is 16.6. The van der Waals surface area contributed by atoms with Gasteiger partial charge in [0.1, 0.15) is 5.60 Å². The molecular formula is C21H24N2O5. The van der Waals surface area contributed by atoms with E-state index in [2.05, 4.69) is 5.32 Å². The number of nitrogens with zero attached hydrogens (tertiary/aromatic N) is 1. The fourth-order valence-electron chi connectivity index (χ4n) is 4.19. The van der Waals surface area contributed by atoms with Crippen molar-refractivity contribution in [2.45, 2.75) is 32.1 Å². The van der Waals surface area contributed by atoms with Crippen molar-refractivity contribution in [3.63, 3.8) is 0 Å². The molecule has 1 aromatic rings. The van der Waals surface area contributed by atoms with Crippen LogP contribution in [-0.4, -0.2) is 47.7 Å². The van der Waals surface area contributed by atoms with Crippen LogP contribution in [0.25, 0.3) is 0 Å². The molecule has 7 nitrogen and oxygen atoms in total. The number of amides is 3. The first kappa shape index (κ1) is 18.7. The van der Waals surface area contributed by atoms with Crippen LogP contribution in [0.2, 0.25) is 0 Å². The van der Waals surface area contributed by atoms with Crippen molar-refractivity contribution in [2.75, 3.05) is 13.2 Å². The smallest absolute Gasteiger partial charge is 0.407 e. The van der Waals surface area contributed by atoms with Crippen molar-refractivity contribution in [1.29, 1.82) is 0 Å². The van der Waals surface area contributed by atoms with E-state index in [1.54, 1.807) is 6.08 Å². The molecule has 3 heterocycles. The molecule has 3 aliphatic rings. The van der Waals surface area contributed by atoms with E-state index in [9.17, 15) is 14.4 Å². The summed E-state index contributed by atoms with van der Waals surface area (Å²) in [5.41, 5.74) is -0.0977. The Morgan fingerprint density at radius 2 is 2.00 bits per heavy atom. The molecular weight excluding hydrogens is 360 g/mol. The second kappa shape index (κ2) is 7.05. The highest BCUT2D eigenvalue weighted by molar-refractivity contribution is 6.07. The van der Waals surface area contributed by atoms with E-state index in [1.165, 1.54) is 4.90 Å². The number of imide groups is 1. The van der Waals surface area contributed by atoms with Crippen molar-refractivity contribution in [2.24, 2.45) is 17.8 Å². The first-order valence-electron chi connectivity index (χ1n) is 9.58. The van der Waals surface area contributed by atoms with Crippen LogP contribution in [0.1, 0.15) is 19.4 Å². The summed E-state index contributed by atoms with van der Waals surface area (Å²) in [5.74, 6) is -1.38. The molecule has 3 amide bonds. The molecule has 1 N–H and O–H groups in total. The number of likely N-dealkylation sites (tertiary alicyclic amines) is 1. The van der Waals surface area contributed by atoms with Gasteiger partial charge in [0.15, 0.2) is 0 Å². The van der Waals surface area contributed by atoms with Crippen LogP contribution in [0.3, 0.4) is 0 Å². The Bertz CT molecular complexity index is 821. The number of carbonyl (C=O) groups is 3. The van der Waals surface area contributed by atoms with Crippen molar-refractivity contribution < 1.29 is 23.9 Å². The van der Waals surface area contributed by atoms with Crippen LogP contribution in [0.4, 0.5) is 4.79 Å². The van der Waals surface area contributed by atoms with Gasteiger partial charge >= 0.3 is 6.09 Å². The number of ether oxygens (including phenoxy) is 2. The van der Waals surface area contributed by atoms with Gasteiger partial charge in [0.05, 0.1) is 37.6 Å². The van der Waals surface area contributed by atoms with E-state index in [0.29, 0.717) is 6.61 Å². The second-order valence-electron chi connectivity index (χ2n) is 7.99. The van der Waals surface area contributed by atoms with Gasteiger partial charge in [-0.05, 0) is 11.5 Å². The SMILES string of the molecule is CC(C)COC(=O)NC[C@@]12C=C[C@H](O1)[C@@H]1C(=O)N(Cc3ccccc3)C(=O)[C@@H]12. The molecule has 28 heavy (non-hydrogen) atoms. The first-order valence-corrected chi connectivity index (χ1v) is 9.58. The summed E-state index contributed by atoms with van der Waals surface area (Å²) < 4.78 is 11.1. The molecule has 1 aromatic carbocycles. The molecule has 7 heteroatoms. The fourth-order valence-corrected chi connectivity index (χ4v) is 4.19. The first-order chi connectivity index (χ1) is 13.4. The Balaban J connectivity index is 1.48. The van der Waals surface area contributed by atoms with E-state index in [4.69, 9.17) is 9.47 Å². The van der Waals surface area contributed by atoms with Crippen molar-refractivity contribution in [1.82, 2.24) is 10.2 Å². The average Bonchev–Trinajstić information content (AvgIpc) is 3.32. The summed E-state index contributed by atoms with van der Waals surface area (Å²) in [7, 11) is 0. The van der Waals surface area contributed by atoms with E-state index in [1.807, 2.05) is 50.3 Å². The number of hydrogen-bond donors (Lipinski definition) is 1. The standard InChI is InChI=1S/C21H24N2O5/c1-13(2)11-27-20(26)22-12-21-9-8-15(28-21)16-17(21)19(25)23(18(16)24)10-14-6-4-3-5-7-14/h3-9,13,15-17H,10-12H2,1-2H3,(H,22,26)/t15-,16-,17+,21+/m0/s1. The van der Waals surface area contributed by atoms with E-state index in [0.717, 1.165) is 5.56 Å². The quantitative estimate of drug-likeness (QED) is 0.598. The maximum atomic E-state index is 13.1. The average molecular weight is 384 g/mol. The molecule has 3 aliphatic heterocycles. The summed E-state index contributed by atoms with van der Waals surface area (Å²) in [4.78, 5) is 39.3. The third-order valence-electron chi connectivity index (χ3n) is 5.49. The summed E-state index contributed by atoms with van der Waals surface area (Å²) in [5, 5.41) is 2.69. The van der Waals surface area contributed by atoms with Crippen molar-refractivity contribution in [3.05, 3.63) is 48.0 Å². The highest BCUT2D eigenvalue weighted by Crippen LogP contribution is 2.51. The zero-order valence-electron chi connectivity index (χ0n) is 16.0. The van der Waals surface area contributed by atoms with E-state index in [-0.39, 0.29) is 30.8 Å². The lowest BCUT2D eigenvalue weighted by Gasteiger charge is -2.29. The van der Waals surface area contributed by atoms with Crippen LogP contribution >= 0.6 is 0 Å². The Kier molecular flexibility index (Phi) is 4.71. The summed E-state index contributed by atoms with van der Waals surface area (Å²) in [6, 6.07) is 9.43. The maximum absolute atomic E-state index is 13.1. The normalized spacial score (nSPS) is 30.2. The van der Waals surface area contributed by atoms with Crippen LogP contribution in [0.15, 0.2) is 42.5 Å². The van der Waals surface area contributed by atoms with Gasteiger partial charge in [-0.25, -0.2) is 4.79 Å². The molecule has 0 saturated carbocycles. The maximum Gasteiger partial charge on any atom is 0.407 e. The molecule has 0 spiro atoms. The number of alkyl carbamates (subject to hydrolysis) is 1. The monoisotopic (exact) mass is 384 g/mol. The molecule has 0 aliphatic carbocycles. The minimum Gasteiger partial charge on any atom is -0.449 e. The third-order valence-corrected chi connectivity index (χ3v) is 5.49. The van der Waals surface area contributed by atoms with Crippen LogP contribution in [0, 0.1) is 17.8 Å². The largest absolute Gasteiger partial charge is 0.449 e. The summed E-state index contributed by atoms with van der Waals surface area (Å²) in [6.07, 6.45) is 2.64.